The fourth-order valence-corrected chi connectivity index (χ4v) is 6.67. The summed E-state index contributed by atoms with van der Waals surface area (Å²) in [5.41, 5.74) is 8.66. The first kappa shape index (κ1) is 16.9. The van der Waals surface area contributed by atoms with Crippen LogP contribution in [0.4, 0.5) is 0 Å². The summed E-state index contributed by atoms with van der Waals surface area (Å²) < 4.78 is 0. The van der Waals surface area contributed by atoms with Crippen LogP contribution < -0.4 is 5.73 Å². The normalized spacial score (nSPS) is 36.4. The zero-order chi connectivity index (χ0) is 17.6. The molecule has 0 unspecified atom stereocenters. The summed E-state index contributed by atoms with van der Waals surface area (Å²) in [6, 6.07) is 6.04. The summed E-state index contributed by atoms with van der Waals surface area (Å²) >= 11 is 0. The molecule has 2 saturated carbocycles. The van der Waals surface area contributed by atoms with Gasteiger partial charge in [-0.2, -0.15) is 0 Å². The van der Waals surface area contributed by atoms with E-state index in [1.807, 2.05) is 12.1 Å². The number of aromatic hydroxyl groups is 1. The first-order valence-corrected chi connectivity index (χ1v) is 10.1. The molecule has 2 fully saturated rings. The van der Waals surface area contributed by atoms with Crippen LogP contribution in [-0.2, 0) is 11.2 Å². The average molecular weight is 341 g/mol. The van der Waals surface area contributed by atoms with E-state index in [2.05, 4.69) is 13.0 Å². The summed E-state index contributed by atoms with van der Waals surface area (Å²) in [4.78, 5) is 11.1. The molecule has 4 rings (SSSR count). The van der Waals surface area contributed by atoms with Crippen LogP contribution in [0.1, 0.15) is 75.3 Å². The molecule has 5 atom stereocenters. The van der Waals surface area contributed by atoms with E-state index in [-0.39, 0.29) is 5.91 Å². The number of carbonyl (C=O) groups is 1. The molecule has 0 heterocycles. The highest BCUT2D eigenvalue weighted by Crippen LogP contribution is 2.63. The number of nitrogens with two attached hydrogens (primary N) is 1. The van der Waals surface area contributed by atoms with Crippen LogP contribution in [0.15, 0.2) is 18.2 Å². The Kier molecular flexibility index (Phi) is 4.29. The van der Waals surface area contributed by atoms with Crippen molar-refractivity contribution in [1.82, 2.24) is 0 Å². The number of hydrogen-bond donors (Lipinski definition) is 2. The molecule has 0 radical (unpaired) electrons. The second kappa shape index (κ2) is 6.34. The molecule has 3 N–H and O–H groups in total. The number of hydrogen-bond acceptors (Lipinski definition) is 2. The highest BCUT2D eigenvalue weighted by molar-refractivity contribution is 5.73. The van der Waals surface area contributed by atoms with Gasteiger partial charge in [-0.15, -0.1) is 0 Å². The standard InChI is InChI=1S/C22H31NO2/c1-22-12-11-18-17-9-7-16(24)13-14(17)5-8-19(18)20(22)10-6-15(22)3-2-4-21(23)25/h7,9,13,15,18-20,24H,2-6,8,10-12H2,1H3,(H2,23,25)/t15-,18+,19+,20-,22+/m0/s1. The first-order valence-electron chi connectivity index (χ1n) is 10.1. The minimum Gasteiger partial charge on any atom is -0.508 e. The fourth-order valence-electron chi connectivity index (χ4n) is 6.67. The van der Waals surface area contributed by atoms with Crippen molar-refractivity contribution >= 4 is 5.91 Å². The van der Waals surface area contributed by atoms with Gasteiger partial charge >= 0.3 is 0 Å². The second-order valence-electron chi connectivity index (χ2n) is 8.98. The summed E-state index contributed by atoms with van der Waals surface area (Å²) in [6.45, 7) is 2.53. The van der Waals surface area contributed by atoms with Crippen LogP contribution in [0.2, 0.25) is 0 Å². The van der Waals surface area contributed by atoms with Gasteiger partial charge in [-0.25, -0.2) is 0 Å². The Bertz CT molecular complexity index is 670. The van der Waals surface area contributed by atoms with Crippen molar-refractivity contribution in [2.75, 3.05) is 0 Å². The molecular formula is C22H31NO2. The lowest BCUT2D eigenvalue weighted by atomic mass is 9.54. The van der Waals surface area contributed by atoms with E-state index in [1.165, 1.54) is 43.2 Å². The van der Waals surface area contributed by atoms with Gasteiger partial charge in [-0.05, 0) is 104 Å². The molecule has 0 aliphatic heterocycles. The highest BCUT2D eigenvalue weighted by Gasteiger charge is 2.54. The van der Waals surface area contributed by atoms with Crippen molar-refractivity contribution in [3.8, 4) is 5.75 Å². The number of phenolic OH excluding ortho intramolecular Hbond substituents is 1. The van der Waals surface area contributed by atoms with Gasteiger partial charge in [0, 0.05) is 6.42 Å². The maximum atomic E-state index is 11.1. The number of primary amides is 1. The number of benzene rings is 1. The number of amides is 1. The van der Waals surface area contributed by atoms with Crippen LogP contribution in [0.5, 0.6) is 5.75 Å². The fraction of sp³-hybridized carbons (Fsp3) is 0.682. The molecule has 1 aromatic rings. The summed E-state index contributed by atoms with van der Waals surface area (Å²) in [5.74, 6) is 3.33. The predicted molar refractivity (Wildman–Crippen MR) is 99.3 cm³/mol. The van der Waals surface area contributed by atoms with Gasteiger partial charge in [-0.1, -0.05) is 13.0 Å². The molecule has 3 aliphatic rings. The third kappa shape index (κ3) is 2.86. The molecule has 0 saturated heterocycles. The molecule has 3 heteroatoms. The molecule has 1 amide bonds. The molecular weight excluding hydrogens is 310 g/mol. The lowest BCUT2D eigenvalue weighted by molar-refractivity contribution is -0.118. The van der Waals surface area contributed by atoms with Crippen LogP contribution >= 0.6 is 0 Å². The van der Waals surface area contributed by atoms with Gasteiger partial charge in [0.15, 0.2) is 0 Å². The highest BCUT2D eigenvalue weighted by atomic mass is 16.3. The molecule has 0 spiro atoms. The summed E-state index contributed by atoms with van der Waals surface area (Å²) in [5, 5.41) is 9.80. The van der Waals surface area contributed by atoms with Gasteiger partial charge in [0.25, 0.3) is 0 Å². The number of fused-ring (bicyclic) bond motifs is 5. The van der Waals surface area contributed by atoms with Gasteiger partial charge in [-0.3, -0.25) is 4.79 Å². The minimum atomic E-state index is -0.157. The Labute approximate surface area is 151 Å². The van der Waals surface area contributed by atoms with E-state index in [0.717, 1.165) is 37.0 Å². The molecule has 136 valence electrons. The third-order valence-electron chi connectivity index (χ3n) is 7.88. The predicted octanol–water partition coefficient (Wildman–Crippen LogP) is 4.52. The Balaban J connectivity index is 1.52. The Morgan fingerprint density at radius 3 is 2.92 bits per heavy atom. The van der Waals surface area contributed by atoms with Crippen molar-refractivity contribution in [1.29, 1.82) is 0 Å². The van der Waals surface area contributed by atoms with Crippen LogP contribution in [0, 0.1) is 23.2 Å². The smallest absolute Gasteiger partial charge is 0.217 e. The lowest BCUT2D eigenvalue weighted by Gasteiger charge is -2.51. The number of rotatable bonds is 4. The van der Waals surface area contributed by atoms with Crippen molar-refractivity contribution in [2.24, 2.45) is 28.9 Å². The lowest BCUT2D eigenvalue weighted by Crippen LogP contribution is -2.42. The van der Waals surface area contributed by atoms with Crippen LogP contribution in [0.3, 0.4) is 0 Å². The Morgan fingerprint density at radius 1 is 1.28 bits per heavy atom. The van der Waals surface area contributed by atoms with Crippen molar-refractivity contribution in [3.63, 3.8) is 0 Å². The monoisotopic (exact) mass is 341 g/mol. The largest absolute Gasteiger partial charge is 0.508 e. The first-order chi connectivity index (χ1) is 12.0. The minimum absolute atomic E-state index is 0.157. The maximum Gasteiger partial charge on any atom is 0.217 e. The number of phenols is 1. The van der Waals surface area contributed by atoms with E-state index in [1.54, 1.807) is 0 Å². The molecule has 3 nitrogen and oxygen atoms in total. The molecule has 3 aliphatic carbocycles. The SMILES string of the molecule is C[C@]12CC[C@@H]3c4ccc(O)cc4CC[C@H]3[C@@H]1CC[C@@H]2CCCC(N)=O. The Hall–Kier alpha value is -1.51. The topological polar surface area (TPSA) is 63.3 Å². The maximum absolute atomic E-state index is 11.1. The quantitative estimate of drug-likeness (QED) is 0.845. The summed E-state index contributed by atoms with van der Waals surface area (Å²) in [6.07, 6.45) is 10.3. The summed E-state index contributed by atoms with van der Waals surface area (Å²) in [7, 11) is 0. The van der Waals surface area contributed by atoms with Crippen LogP contribution in [0.25, 0.3) is 0 Å². The van der Waals surface area contributed by atoms with E-state index in [0.29, 0.717) is 23.5 Å². The number of aryl methyl sites for hydroxylation is 1. The van der Waals surface area contributed by atoms with Crippen molar-refractivity contribution in [2.45, 2.75) is 70.6 Å². The van der Waals surface area contributed by atoms with Gasteiger partial charge in [0.1, 0.15) is 5.75 Å². The third-order valence-corrected chi connectivity index (χ3v) is 7.88. The van der Waals surface area contributed by atoms with Gasteiger partial charge < -0.3 is 10.8 Å². The average Bonchev–Trinajstić information content (AvgIpc) is 2.91. The second-order valence-corrected chi connectivity index (χ2v) is 8.98. The van der Waals surface area contributed by atoms with Gasteiger partial charge in [0.05, 0.1) is 0 Å². The van der Waals surface area contributed by atoms with Gasteiger partial charge in [0.2, 0.25) is 5.91 Å². The zero-order valence-corrected chi connectivity index (χ0v) is 15.3. The Morgan fingerprint density at radius 2 is 2.12 bits per heavy atom. The van der Waals surface area contributed by atoms with E-state index in [4.69, 9.17) is 5.73 Å². The zero-order valence-electron chi connectivity index (χ0n) is 15.3. The molecule has 0 bridgehead atoms. The number of carbonyl (C=O) groups excluding carboxylic acids is 1. The van der Waals surface area contributed by atoms with Crippen LogP contribution in [-0.4, -0.2) is 11.0 Å². The molecule has 0 aromatic heterocycles. The van der Waals surface area contributed by atoms with E-state index in [9.17, 15) is 9.90 Å². The van der Waals surface area contributed by atoms with Crippen molar-refractivity contribution < 1.29 is 9.90 Å². The van der Waals surface area contributed by atoms with Crippen molar-refractivity contribution in [3.05, 3.63) is 29.3 Å². The van der Waals surface area contributed by atoms with E-state index < -0.39 is 0 Å². The van der Waals surface area contributed by atoms with E-state index >= 15 is 0 Å². The molecule has 1 aromatic carbocycles. The molecule has 25 heavy (non-hydrogen) atoms.